The molecule has 2 rings (SSSR count). The standard InChI is InChI=1S/C12H12FN3O/c1-8-2-3-10(4-11(8)13)17-12-9(5-14)6-15-7-16-12/h2-4,6-7H,5,14H2,1H3. The second-order valence-electron chi connectivity index (χ2n) is 3.57. The second-order valence-corrected chi connectivity index (χ2v) is 3.57. The summed E-state index contributed by atoms with van der Waals surface area (Å²) in [5.41, 5.74) is 6.77. The van der Waals surface area contributed by atoms with Crippen molar-refractivity contribution in [2.75, 3.05) is 0 Å². The van der Waals surface area contributed by atoms with Crippen LogP contribution in [0.25, 0.3) is 0 Å². The summed E-state index contributed by atoms with van der Waals surface area (Å²) in [4.78, 5) is 7.81. The van der Waals surface area contributed by atoms with Crippen molar-refractivity contribution < 1.29 is 9.13 Å². The van der Waals surface area contributed by atoms with Gasteiger partial charge in [0.2, 0.25) is 5.88 Å². The Hall–Kier alpha value is -2.01. The Morgan fingerprint density at radius 2 is 2.24 bits per heavy atom. The molecule has 0 saturated heterocycles. The minimum absolute atomic E-state index is 0.268. The van der Waals surface area contributed by atoms with Crippen molar-refractivity contribution in [3.8, 4) is 11.6 Å². The molecule has 4 nitrogen and oxygen atoms in total. The molecule has 0 bridgehead atoms. The normalized spacial score (nSPS) is 10.3. The van der Waals surface area contributed by atoms with Crippen molar-refractivity contribution in [1.82, 2.24) is 9.97 Å². The van der Waals surface area contributed by atoms with Crippen LogP contribution >= 0.6 is 0 Å². The molecule has 17 heavy (non-hydrogen) atoms. The average Bonchev–Trinajstić information content (AvgIpc) is 2.34. The highest BCUT2D eigenvalue weighted by Crippen LogP contribution is 2.23. The third-order valence-corrected chi connectivity index (χ3v) is 2.32. The van der Waals surface area contributed by atoms with E-state index >= 15 is 0 Å². The first-order chi connectivity index (χ1) is 8.20. The molecule has 2 aromatic rings. The molecule has 0 aliphatic carbocycles. The predicted octanol–water partition coefficient (Wildman–Crippen LogP) is 2.18. The van der Waals surface area contributed by atoms with E-state index in [2.05, 4.69) is 9.97 Å². The summed E-state index contributed by atoms with van der Waals surface area (Å²) >= 11 is 0. The third-order valence-electron chi connectivity index (χ3n) is 2.32. The largest absolute Gasteiger partial charge is 0.438 e. The van der Waals surface area contributed by atoms with Crippen LogP contribution in [-0.4, -0.2) is 9.97 Å². The molecular formula is C12H12FN3O. The van der Waals surface area contributed by atoms with E-state index in [0.717, 1.165) is 0 Å². The van der Waals surface area contributed by atoms with E-state index in [1.54, 1.807) is 25.3 Å². The summed E-state index contributed by atoms with van der Waals surface area (Å²) in [5.74, 6) is 0.429. The summed E-state index contributed by atoms with van der Waals surface area (Å²) in [7, 11) is 0. The van der Waals surface area contributed by atoms with Gasteiger partial charge in [-0.2, -0.15) is 0 Å². The molecule has 0 atom stereocenters. The van der Waals surface area contributed by atoms with Gasteiger partial charge in [-0.3, -0.25) is 0 Å². The van der Waals surface area contributed by atoms with E-state index in [0.29, 0.717) is 22.8 Å². The van der Waals surface area contributed by atoms with Crippen LogP contribution in [-0.2, 0) is 6.54 Å². The van der Waals surface area contributed by atoms with Crippen molar-refractivity contribution in [1.29, 1.82) is 0 Å². The zero-order valence-corrected chi connectivity index (χ0v) is 9.35. The van der Waals surface area contributed by atoms with Crippen molar-refractivity contribution in [2.24, 2.45) is 5.73 Å². The molecule has 0 saturated carbocycles. The number of rotatable bonds is 3. The highest BCUT2D eigenvalue weighted by atomic mass is 19.1. The van der Waals surface area contributed by atoms with Crippen molar-refractivity contribution in [3.63, 3.8) is 0 Å². The fourth-order valence-electron chi connectivity index (χ4n) is 1.33. The second kappa shape index (κ2) is 4.88. The van der Waals surface area contributed by atoms with Crippen LogP contribution in [0.5, 0.6) is 11.6 Å². The first-order valence-corrected chi connectivity index (χ1v) is 5.13. The summed E-state index contributed by atoms with van der Waals surface area (Å²) in [6.07, 6.45) is 2.94. The number of benzene rings is 1. The Bertz CT molecular complexity index is 531. The Labute approximate surface area is 98.3 Å². The Kier molecular flexibility index (Phi) is 3.30. The van der Waals surface area contributed by atoms with Crippen LogP contribution in [0.3, 0.4) is 0 Å². The number of nitrogens with two attached hydrogens (primary N) is 1. The van der Waals surface area contributed by atoms with Crippen LogP contribution in [0.4, 0.5) is 4.39 Å². The molecule has 0 aliphatic heterocycles. The smallest absolute Gasteiger partial charge is 0.226 e. The highest BCUT2D eigenvalue weighted by Gasteiger charge is 2.06. The molecule has 5 heteroatoms. The van der Waals surface area contributed by atoms with Gasteiger partial charge in [0.1, 0.15) is 17.9 Å². The van der Waals surface area contributed by atoms with E-state index in [1.165, 1.54) is 12.4 Å². The number of ether oxygens (including phenoxy) is 1. The summed E-state index contributed by atoms with van der Waals surface area (Å²) in [6.45, 7) is 1.96. The first kappa shape index (κ1) is 11.5. The summed E-state index contributed by atoms with van der Waals surface area (Å²) in [5, 5.41) is 0. The van der Waals surface area contributed by atoms with Crippen LogP contribution in [0.2, 0.25) is 0 Å². The third kappa shape index (κ3) is 2.57. The molecule has 0 aliphatic rings. The lowest BCUT2D eigenvalue weighted by molar-refractivity contribution is 0.449. The molecular weight excluding hydrogens is 221 g/mol. The van der Waals surface area contributed by atoms with Crippen molar-refractivity contribution >= 4 is 0 Å². The number of hydrogen-bond donors (Lipinski definition) is 1. The van der Waals surface area contributed by atoms with Gasteiger partial charge < -0.3 is 10.5 Å². The lowest BCUT2D eigenvalue weighted by atomic mass is 10.2. The topological polar surface area (TPSA) is 61.0 Å². The van der Waals surface area contributed by atoms with Gasteiger partial charge in [0.25, 0.3) is 0 Å². The zero-order chi connectivity index (χ0) is 12.3. The van der Waals surface area contributed by atoms with Crippen LogP contribution in [0.15, 0.2) is 30.7 Å². The van der Waals surface area contributed by atoms with E-state index in [9.17, 15) is 4.39 Å². The quantitative estimate of drug-likeness (QED) is 0.882. The van der Waals surface area contributed by atoms with E-state index < -0.39 is 0 Å². The van der Waals surface area contributed by atoms with Crippen LogP contribution < -0.4 is 10.5 Å². The van der Waals surface area contributed by atoms with Crippen molar-refractivity contribution in [3.05, 3.63) is 47.7 Å². The van der Waals surface area contributed by atoms with E-state index in [4.69, 9.17) is 10.5 Å². The Balaban J connectivity index is 2.28. The molecule has 1 aromatic carbocycles. The van der Waals surface area contributed by atoms with Gasteiger partial charge in [-0.25, -0.2) is 14.4 Å². The SMILES string of the molecule is Cc1ccc(Oc2ncncc2CN)cc1F. The Morgan fingerprint density at radius 1 is 1.41 bits per heavy atom. The molecule has 0 fully saturated rings. The maximum Gasteiger partial charge on any atom is 0.226 e. The number of hydrogen-bond acceptors (Lipinski definition) is 4. The lowest BCUT2D eigenvalue weighted by Crippen LogP contribution is -2.02. The molecule has 0 unspecified atom stereocenters. The molecule has 0 spiro atoms. The average molecular weight is 233 g/mol. The number of nitrogens with zero attached hydrogens (tertiary/aromatic N) is 2. The summed E-state index contributed by atoms with van der Waals surface area (Å²) in [6, 6.07) is 4.65. The minimum Gasteiger partial charge on any atom is -0.438 e. The molecule has 1 heterocycles. The van der Waals surface area contributed by atoms with Gasteiger partial charge in [0, 0.05) is 24.4 Å². The van der Waals surface area contributed by atoms with Gasteiger partial charge in [-0.05, 0) is 18.6 Å². The maximum atomic E-state index is 13.3. The van der Waals surface area contributed by atoms with Crippen molar-refractivity contribution in [2.45, 2.75) is 13.5 Å². The molecule has 1 aromatic heterocycles. The molecule has 2 N–H and O–H groups in total. The van der Waals surface area contributed by atoms with Gasteiger partial charge in [0.15, 0.2) is 0 Å². The number of aromatic nitrogens is 2. The van der Waals surface area contributed by atoms with Gasteiger partial charge in [-0.15, -0.1) is 0 Å². The first-order valence-electron chi connectivity index (χ1n) is 5.13. The summed E-state index contributed by atoms with van der Waals surface area (Å²) < 4.78 is 18.8. The minimum atomic E-state index is -0.314. The van der Waals surface area contributed by atoms with Gasteiger partial charge >= 0.3 is 0 Å². The molecule has 88 valence electrons. The zero-order valence-electron chi connectivity index (χ0n) is 9.35. The fraction of sp³-hybridized carbons (Fsp3) is 0.167. The number of aryl methyl sites for hydroxylation is 1. The molecule has 0 amide bonds. The maximum absolute atomic E-state index is 13.3. The van der Waals surface area contributed by atoms with E-state index in [1.807, 2.05) is 0 Å². The Morgan fingerprint density at radius 3 is 2.94 bits per heavy atom. The lowest BCUT2D eigenvalue weighted by Gasteiger charge is -2.08. The monoisotopic (exact) mass is 233 g/mol. The fourth-order valence-corrected chi connectivity index (χ4v) is 1.33. The highest BCUT2D eigenvalue weighted by molar-refractivity contribution is 5.33. The van der Waals surface area contributed by atoms with Crippen LogP contribution in [0, 0.1) is 12.7 Å². The molecule has 0 radical (unpaired) electrons. The predicted molar refractivity (Wildman–Crippen MR) is 61.1 cm³/mol. The number of halogens is 1. The van der Waals surface area contributed by atoms with Gasteiger partial charge in [0.05, 0.1) is 0 Å². The van der Waals surface area contributed by atoms with Gasteiger partial charge in [-0.1, -0.05) is 6.07 Å². The van der Waals surface area contributed by atoms with E-state index in [-0.39, 0.29) is 12.4 Å². The van der Waals surface area contributed by atoms with Crippen LogP contribution in [0.1, 0.15) is 11.1 Å².